The standard InChI is InChI=1S/C27H30N/c1-20-7-3-4-8-25(20)26-12-11-24(19-28(26)2)21-9-10-23-18-27(14-5-6-15-27)16-13-22(23)17-21/h3-4,7-12,17,19H,5-6,13-16,18H2,1-2H3/q+1. The number of hydrogen-bond donors (Lipinski definition) is 0. The van der Waals surface area contributed by atoms with Crippen molar-refractivity contribution >= 4 is 0 Å². The van der Waals surface area contributed by atoms with Gasteiger partial charge in [0.1, 0.15) is 7.05 Å². The first-order chi connectivity index (χ1) is 13.6. The summed E-state index contributed by atoms with van der Waals surface area (Å²) >= 11 is 0. The van der Waals surface area contributed by atoms with Crippen LogP contribution in [0.2, 0.25) is 0 Å². The third-order valence-electron chi connectivity index (χ3n) is 7.25. The lowest BCUT2D eigenvalue weighted by Crippen LogP contribution is -2.30. The van der Waals surface area contributed by atoms with Crippen LogP contribution in [-0.4, -0.2) is 0 Å². The van der Waals surface area contributed by atoms with Crippen molar-refractivity contribution in [1.82, 2.24) is 0 Å². The van der Waals surface area contributed by atoms with E-state index in [4.69, 9.17) is 0 Å². The molecule has 1 spiro atoms. The van der Waals surface area contributed by atoms with E-state index in [9.17, 15) is 0 Å². The average molecular weight is 369 g/mol. The summed E-state index contributed by atoms with van der Waals surface area (Å²) in [5, 5.41) is 0. The normalized spacial score (nSPS) is 17.6. The zero-order valence-corrected chi connectivity index (χ0v) is 17.2. The number of aryl methyl sites for hydroxylation is 3. The lowest BCUT2D eigenvalue weighted by molar-refractivity contribution is -0.659. The van der Waals surface area contributed by atoms with E-state index >= 15 is 0 Å². The van der Waals surface area contributed by atoms with Crippen LogP contribution < -0.4 is 4.57 Å². The Morgan fingerprint density at radius 3 is 2.39 bits per heavy atom. The van der Waals surface area contributed by atoms with E-state index in [1.165, 1.54) is 72.9 Å². The fraction of sp³-hybridized carbons (Fsp3) is 0.370. The molecule has 0 saturated heterocycles. The quantitative estimate of drug-likeness (QED) is 0.474. The van der Waals surface area contributed by atoms with E-state index in [2.05, 4.69) is 79.3 Å². The highest BCUT2D eigenvalue weighted by Gasteiger charge is 2.36. The molecule has 5 rings (SSSR count). The Hall–Kier alpha value is -2.41. The predicted octanol–water partition coefficient (Wildman–Crippen LogP) is 6.20. The SMILES string of the molecule is Cc1ccccc1-c1ccc(-c2ccc3c(c2)CCC2(CCCC2)C3)c[n+]1C. The third-order valence-corrected chi connectivity index (χ3v) is 7.25. The Labute approximate surface area is 169 Å². The number of hydrogen-bond acceptors (Lipinski definition) is 0. The van der Waals surface area contributed by atoms with Gasteiger partial charge in [-0.05, 0) is 78.8 Å². The summed E-state index contributed by atoms with van der Waals surface area (Å²) < 4.78 is 2.27. The Bertz CT molecular complexity index is 1020. The number of rotatable bonds is 2. The largest absolute Gasteiger partial charge is 0.212 e. The molecular formula is C27H30N+. The van der Waals surface area contributed by atoms with Gasteiger partial charge in [0.05, 0.1) is 0 Å². The van der Waals surface area contributed by atoms with Crippen LogP contribution in [0.5, 0.6) is 0 Å². The van der Waals surface area contributed by atoms with Crippen LogP contribution >= 0.6 is 0 Å². The smallest absolute Gasteiger partial charge is 0.200 e. The van der Waals surface area contributed by atoms with Crippen LogP contribution in [-0.2, 0) is 19.9 Å². The molecule has 2 aromatic carbocycles. The summed E-state index contributed by atoms with van der Waals surface area (Å²) in [6.07, 6.45) is 12.0. The van der Waals surface area contributed by atoms with Gasteiger partial charge in [0.15, 0.2) is 6.20 Å². The molecular weight excluding hydrogens is 338 g/mol. The van der Waals surface area contributed by atoms with Gasteiger partial charge in [0, 0.05) is 17.2 Å². The van der Waals surface area contributed by atoms with Crippen molar-refractivity contribution in [3.8, 4) is 22.4 Å². The van der Waals surface area contributed by atoms with Crippen LogP contribution in [0, 0.1) is 12.3 Å². The molecule has 0 unspecified atom stereocenters. The lowest BCUT2D eigenvalue weighted by Gasteiger charge is -2.35. The van der Waals surface area contributed by atoms with Gasteiger partial charge in [0.2, 0.25) is 5.69 Å². The van der Waals surface area contributed by atoms with Crippen LogP contribution in [0.4, 0.5) is 0 Å². The van der Waals surface area contributed by atoms with E-state index in [-0.39, 0.29) is 0 Å². The Balaban J connectivity index is 1.46. The van der Waals surface area contributed by atoms with Crippen LogP contribution in [0.3, 0.4) is 0 Å². The predicted molar refractivity (Wildman–Crippen MR) is 116 cm³/mol. The van der Waals surface area contributed by atoms with Gasteiger partial charge in [-0.1, -0.05) is 49.2 Å². The van der Waals surface area contributed by atoms with Crippen molar-refractivity contribution in [3.63, 3.8) is 0 Å². The number of nitrogens with zero attached hydrogens (tertiary/aromatic N) is 1. The van der Waals surface area contributed by atoms with Crippen molar-refractivity contribution in [2.45, 2.75) is 51.9 Å². The molecule has 28 heavy (non-hydrogen) atoms. The fourth-order valence-corrected chi connectivity index (χ4v) is 5.57. The minimum Gasteiger partial charge on any atom is -0.200 e. The van der Waals surface area contributed by atoms with Crippen molar-refractivity contribution in [2.24, 2.45) is 12.5 Å². The number of aromatic nitrogens is 1. The maximum Gasteiger partial charge on any atom is 0.212 e. The molecule has 2 aliphatic rings. The Kier molecular flexibility index (Phi) is 4.34. The highest BCUT2D eigenvalue weighted by Crippen LogP contribution is 2.48. The highest BCUT2D eigenvalue weighted by molar-refractivity contribution is 5.67. The summed E-state index contributed by atoms with van der Waals surface area (Å²) in [4.78, 5) is 0. The van der Waals surface area contributed by atoms with E-state index < -0.39 is 0 Å². The summed E-state index contributed by atoms with van der Waals surface area (Å²) in [7, 11) is 2.16. The van der Waals surface area contributed by atoms with Crippen LogP contribution in [0.25, 0.3) is 22.4 Å². The molecule has 1 fully saturated rings. The lowest BCUT2D eigenvalue weighted by atomic mass is 9.70. The zero-order chi connectivity index (χ0) is 19.1. The van der Waals surface area contributed by atoms with E-state index in [0.29, 0.717) is 5.41 Å². The molecule has 0 atom stereocenters. The molecule has 1 heteroatoms. The number of benzene rings is 2. The van der Waals surface area contributed by atoms with E-state index in [1.54, 1.807) is 11.1 Å². The maximum atomic E-state index is 2.46. The Morgan fingerprint density at radius 1 is 0.821 bits per heavy atom. The van der Waals surface area contributed by atoms with Crippen LogP contribution in [0.15, 0.2) is 60.8 Å². The Morgan fingerprint density at radius 2 is 1.61 bits per heavy atom. The molecule has 0 amide bonds. The van der Waals surface area contributed by atoms with Gasteiger partial charge in [-0.15, -0.1) is 0 Å². The highest BCUT2D eigenvalue weighted by atomic mass is 14.9. The van der Waals surface area contributed by atoms with Crippen molar-refractivity contribution < 1.29 is 4.57 Å². The molecule has 3 aromatic rings. The third kappa shape index (κ3) is 3.07. The van der Waals surface area contributed by atoms with Crippen molar-refractivity contribution in [3.05, 3.63) is 77.5 Å². The second kappa shape index (κ2) is 6.88. The van der Waals surface area contributed by atoms with Gasteiger partial charge < -0.3 is 0 Å². The fourth-order valence-electron chi connectivity index (χ4n) is 5.57. The van der Waals surface area contributed by atoms with E-state index in [1.807, 2.05) is 0 Å². The number of pyridine rings is 1. The van der Waals surface area contributed by atoms with E-state index in [0.717, 1.165) is 0 Å². The molecule has 0 N–H and O–H groups in total. The zero-order valence-electron chi connectivity index (χ0n) is 17.2. The molecule has 0 aliphatic heterocycles. The van der Waals surface area contributed by atoms with Crippen LogP contribution in [0.1, 0.15) is 48.8 Å². The molecule has 1 heterocycles. The summed E-state index contributed by atoms with van der Waals surface area (Å²) in [5.41, 5.74) is 10.4. The summed E-state index contributed by atoms with van der Waals surface area (Å²) in [6, 6.07) is 20.4. The topological polar surface area (TPSA) is 3.88 Å². The van der Waals surface area contributed by atoms with Crippen molar-refractivity contribution in [1.29, 1.82) is 0 Å². The van der Waals surface area contributed by atoms with Gasteiger partial charge in [-0.2, -0.15) is 0 Å². The minimum atomic E-state index is 0.635. The first-order valence-electron chi connectivity index (χ1n) is 10.8. The van der Waals surface area contributed by atoms with Gasteiger partial charge >= 0.3 is 0 Å². The van der Waals surface area contributed by atoms with Crippen molar-refractivity contribution in [2.75, 3.05) is 0 Å². The molecule has 142 valence electrons. The van der Waals surface area contributed by atoms with Gasteiger partial charge in [0.25, 0.3) is 0 Å². The summed E-state index contributed by atoms with van der Waals surface area (Å²) in [5.74, 6) is 0. The molecule has 1 aromatic heterocycles. The summed E-state index contributed by atoms with van der Waals surface area (Å²) in [6.45, 7) is 2.18. The molecule has 1 saturated carbocycles. The average Bonchev–Trinajstić information content (AvgIpc) is 3.16. The minimum absolute atomic E-state index is 0.635. The maximum absolute atomic E-state index is 2.46. The number of fused-ring (bicyclic) bond motifs is 1. The monoisotopic (exact) mass is 368 g/mol. The van der Waals surface area contributed by atoms with Gasteiger partial charge in [-0.25, -0.2) is 4.57 Å². The second-order valence-electron chi connectivity index (χ2n) is 9.10. The molecule has 0 bridgehead atoms. The molecule has 2 aliphatic carbocycles. The first-order valence-corrected chi connectivity index (χ1v) is 10.8. The molecule has 1 nitrogen and oxygen atoms in total. The second-order valence-corrected chi connectivity index (χ2v) is 9.10. The van der Waals surface area contributed by atoms with Gasteiger partial charge in [-0.3, -0.25) is 0 Å². The molecule has 0 radical (unpaired) electrons. The first kappa shape index (κ1) is 17.7.